The summed E-state index contributed by atoms with van der Waals surface area (Å²) in [6, 6.07) is 8.87. The van der Waals surface area contributed by atoms with Crippen LogP contribution < -0.4 is 9.47 Å². The third-order valence-electron chi connectivity index (χ3n) is 5.51. The molecule has 0 bridgehead atoms. The quantitative estimate of drug-likeness (QED) is 0.455. The molecule has 3 aromatic rings. The van der Waals surface area contributed by atoms with Crippen molar-refractivity contribution in [3.8, 4) is 28.8 Å². The monoisotopic (exact) mass is 470 g/mol. The lowest BCUT2D eigenvalue weighted by molar-refractivity contribution is -0.0503. The summed E-state index contributed by atoms with van der Waals surface area (Å²) >= 11 is 0. The van der Waals surface area contributed by atoms with E-state index in [1.54, 1.807) is 36.0 Å². The average molecular weight is 471 g/mol. The highest BCUT2D eigenvalue weighted by Crippen LogP contribution is 2.37. The van der Waals surface area contributed by atoms with E-state index in [-0.39, 0.29) is 23.0 Å². The molecular weight excluding hydrogens is 442 g/mol. The lowest BCUT2D eigenvalue weighted by Gasteiger charge is -2.23. The highest BCUT2D eigenvalue weighted by molar-refractivity contribution is 6.00. The minimum atomic E-state index is -3.13. The first-order valence-electron chi connectivity index (χ1n) is 10.8. The Hall–Kier alpha value is -3.67. The highest BCUT2D eigenvalue weighted by Gasteiger charge is 2.27. The summed E-state index contributed by atoms with van der Waals surface area (Å²) in [6.07, 6.45) is 3.35. The highest BCUT2D eigenvalue weighted by atomic mass is 19.3. The summed E-state index contributed by atoms with van der Waals surface area (Å²) in [5.74, 6) is -0.449. The smallest absolute Gasteiger partial charge is 0.387 e. The lowest BCUT2D eigenvalue weighted by atomic mass is 9.87. The van der Waals surface area contributed by atoms with Crippen LogP contribution in [0.25, 0.3) is 16.9 Å². The zero-order valence-electron chi connectivity index (χ0n) is 20.1. The number of ether oxygens (including phenoxy) is 2. The SMILES string of the molecule is COc1cc(-c2cnc3cc(C(C)(C)C#N)ccn23)cc(OC(F)F)c1C(=O)N(C)CC(C)C. The van der Waals surface area contributed by atoms with Gasteiger partial charge >= 0.3 is 6.61 Å². The molecule has 1 amide bonds. The zero-order chi connectivity index (χ0) is 25.2. The third kappa shape index (κ3) is 4.96. The molecule has 2 heterocycles. The number of nitriles is 1. The number of alkyl halides is 2. The van der Waals surface area contributed by atoms with Crippen LogP contribution >= 0.6 is 0 Å². The van der Waals surface area contributed by atoms with Gasteiger partial charge in [0.05, 0.1) is 30.5 Å². The predicted molar refractivity (Wildman–Crippen MR) is 124 cm³/mol. The number of carbonyl (C=O) groups is 1. The normalized spacial score (nSPS) is 11.7. The number of halogens is 2. The Morgan fingerprint density at radius 2 is 1.94 bits per heavy atom. The summed E-state index contributed by atoms with van der Waals surface area (Å²) in [5.41, 5.74) is 1.69. The number of fused-ring (bicyclic) bond motifs is 1. The number of rotatable bonds is 8. The number of hydrogen-bond acceptors (Lipinski definition) is 5. The maximum Gasteiger partial charge on any atom is 0.387 e. The average Bonchev–Trinajstić information content (AvgIpc) is 3.20. The van der Waals surface area contributed by atoms with E-state index >= 15 is 0 Å². The molecule has 0 aliphatic heterocycles. The summed E-state index contributed by atoms with van der Waals surface area (Å²) in [6.45, 7) is 4.84. The van der Waals surface area contributed by atoms with Gasteiger partial charge in [-0.3, -0.25) is 9.20 Å². The van der Waals surface area contributed by atoms with Crippen LogP contribution in [-0.4, -0.2) is 47.5 Å². The molecule has 0 aliphatic carbocycles. The Bertz CT molecular complexity index is 1240. The summed E-state index contributed by atoms with van der Waals surface area (Å²) in [7, 11) is 2.97. The fourth-order valence-electron chi connectivity index (χ4n) is 3.77. The standard InChI is InChI=1S/C25H28F2N4O3/c1-15(2)13-30(5)23(32)22-19(33-6)9-16(10-20(22)34-24(26)27)18-12-29-21-11-17(7-8-31(18)21)25(3,4)14-28/h7-12,15,24H,13H2,1-6H3. The van der Waals surface area contributed by atoms with Gasteiger partial charge < -0.3 is 14.4 Å². The summed E-state index contributed by atoms with van der Waals surface area (Å²) in [5, 5.41) is 9.42. The van der Waals surface area contributed by atoms with E-state index in [1.807, 2.05) is 33.8 Å². The van der Waals surface area contributed by atoms with Gasteiger partial charge in [-0.15, -0.1) is 0 Å². The molecule has 0 saturated heterocycles. The Balaban J connectivity index is 2.15. The van der Waals surface area contributed by atoms with Crippen molar-refractivity contribution in [3.63, 3.8) is 0 Å². The van der Waals surface area contributed by atoms with Crippen molar-refractivity contribution < 1.29 is 23.0 Å². The molecule has 180 valence electrons. The molecule has 1 aromatic carbocycles. The van der Waals surface area contributed by atoms with E-state index in [2.05, 4.69) is 11.1 Å². The second-order valence-corrected chi connectivity index (χ2v) is 9.03. The topological polar surface area (TPSA) is 79.9 Å². The summed E-state index contributed by atoms with van der Waals surface area (Å²) in [4.78, 5) is 19.0. The van der Waals surface area contributed by atoms with Gasteiger partial charge in [-0.1, -0.05) is 13.8 Å². The van der Waals surface area contributed by atoms with E-state index in [0.717, 1.165) is 5.56 Å². The largest absolute Gasteiger partial charge is 0.496 e. The number of benzene rings is 1. The molecule has 9 heteroatoms. The number of carbonyl (C=O) groups excluding carboxylic acids is 1. The van der Waals surface area contributed by atoms with Crippen molar-refractivity contribution in [2.24, 2.45) is 5.92 Å². The van der Waals surface area contributed by atoms with Crippen LogP contribution in [0, 0.1) is 17.2 Å². The van der Waals surface area contributed by atoms with E-state index < -0.39 is 17.9 Å². The first-order chi connectivity index (χ1) is 16.0. The maximum absolute atomic E-state index is 13.3. The molecule has 0 spiro atoms. The first kappa shape index (κ1) is 25.0. The number of pyridine rings is 1. The predicted octanol–water partition coefficient (Wildman–Crippen LogP) is 5.14. The Morgan fingerprint density at radius 1 is 1.26 bits per heavy atom. The van der Waals surface area contributed by atoms with Crippen molar-refractivity contribution in [1.82, 2.24) is 14.3 Å². The van der Waals surface area contributed by atoms with Gasteiger partial charge in [-0.25, -0.2) is 4.98 Å². The van der Waals surface area contributed by atoms with E-state index in [4.69, 9.17) is 9.47 Å². The van der Waals surface area contributed by atoms with Gasteiger partial charge in [-0.2, -0.15) is 14.0 Å². The number of methoxy groups -OCH3 is 1. The fraction of sp³-hybridized carbons (Fsp3) is 0.400. The third-order valence-corrected chi connectivity index (χ3v) is 5.51. The molecule has 0 saturated carbocycles. The molecule has 0 atom stereocenters. The molecule has 7 nitrogen and oxygen atoms in total. The molecule has 0 aliphatic rings. The van der Waals surface area contributed by atoms with Gasteiger partial charge in [-0.05, 0) is 49.6 Å². The second kappa shape index (κ2) is 9.67. The molecular formula is C25H28F2N4O3. The number of aromatic nitrogens is 2. The van der Waals surface area contributed by atoms with Gasteiger partial charge in [0.2, 0.25) is 0 Å². The van der Waals surface area contributed by atoms with Crippen molar-refractivity contribution in [3.05, 3.63) is 47.8 Å². The van der Waals surface area contributed by atoms with Crippen molar-refractivity contribution in [2.45, 2.75) is 39.7 Å². The Labute approximate surface area is 197 Å². The molecule has 0 radical (unpaired) electrons. The van der Waals surface area contributed by atoms with Gasteiger partial charge in [0.25, 0.3) is 5.91 Å². The Morgan fingerprint density at radius 3 is 2.53 bits per heavy atom. The maximum atomic E-state index is 13.3. The van der Waals surface area contributed by atoms with E-state index in [0.29, 0.717) is 23.4 Å². The molecule has 2 aromatic heterocycles. The van der Waals surface area contributed by atoms with Crippen LogP contribution in [0.3, 0.4) is 0 Å². The number of nitrogens with zero attached hydrogens (tertiary/aromatic N) is 4. The van der Waals surface area contributed by atoms with Crippen LogP contribution in [0.2, 0.25) is 0 Å². The van der Waals surface area contributed by atoms with Crippen LogP contribution in [0.4, 0.5) is 8.78 Å². The summed E-state index contributed by atoms with van der Waals surface area (Å²) < 4.78 is 38.6. The van der Waals surface area contributed by atoms with Crippen LogP contribution in [0.15, 0.2) is 36.7 Å². The van der Waals surface area contributed by atoms with E-state index in [9.17, 15) is 18.8 Å². The Kier molecular flexibility index (Phi) is 7.10. The minimum Gasteiger partial charge on any atom is -0.496 e. The van der Waals surface area contributed by atoms with Crippen molar-refractivity contribution in [2.75, 3.05) is 20.7 Å². The van der Waals surface area contributed by atoms with Gasteiger partial charge in [0, 0.05) is 25.4 Å². The molecule has 0 unspecified atom stereocenters. The van der Waals surface area contributed by atoms with Crippen LogP contribution in [-0.2, 0) is 5.41 Å². The number of amides is 1. The first-order valence-corrected chi connectivity index (χ1v) is 10.8. The number of hydrogen-bond donors (Lipinski definition) is 0. The minimum absolute atomic E-state index is 0.0680. The molecule has 3 rings (SSSR count). The molecule has 34 heavy (non-hydrogen) atoms. The van der Waals surface area contributed by atoms with Gasteiger partial charge in [0.1, 0.15) is 22.7 Å². The fourth-order valence-corrected chi connectivity index (χ4v) is 3.77. The van der Waals surface area contributed by atoms with Crippen molar-refractivity contribution >= 4 is 11.6 Å². The second-order valence-electron chi connectivity index (χ2n) is 9.03. The molecule has 0 N–H and O–H groups in total. The van der Waals surface area contributed by atoms with Crippen LogP contribution in [0.1, 0.15) is 43.6 Å². The van der Waals surface area contributed by atoms with E-state index in [1.165, 1.54) is 18.1 Å². The van der Waals surface area contributed by atoms with Crippen LogP contribution in [0.5, 0.6) is 11.5 Å². The zero-order valence-corrected chi connectivity index (χ0v) is 20.1. The van der Waals surface area contributed by atoms with Crippen molar-refractivity contribution in [1.29, 1.82) is 5.26 Å². The molecule has 0 fully saturated rings. The van der Waals surface area contributed by atoms with Gasteiger partial charge in [0.15, 0.2) is 0 Å². The number of imidazole rings is 1. The lowest BCUT2D eigenvalue weighted by Crippen LogP contribution is -2.31.